The number of hydrogen-bond acceptors (Lipinski definition) is 4. The van der Waals surface area contributed by atoms with Gasteiger partial charge in [-0.25, -0.2) is 0 Å². The SMILES string of the molecule is NNc1ccc(C(F)(F)F)cc1C(=O)N1CCCC(O)C1. The van der Waals surface area contributed by atoms with Gasteiger partial charge in [0.25, 0.3) is 5.91 Å². The lowest BCUT2D eigenvalue weighted by Crippen LogP contribution is -2.42. The number of benzene rings is 1. The van der Waals surface area contributed by atoms with Crippen LogP contribution in [0.25, 0.3) is 0 Å². The van der Waals surface area contributed by atoms with Crippen LogP contribution in [0.5, 0.6) is 0 Å². The number of aliphatic hydroxyl groups excluding tert-OH is 1. The van der Waals surface area contributed by atoms with E-state index in [0.717, 1.165) is 18.2 Å². The van der Waals surface area contributed by atoms with Gasteiger partial charge < -0.3 is 15.4 Å². The zero-order valence-corrected chi connectivity index (χ0v) is 11.2. The van der Waals surface area contributed by atoms with Crippen molar-refractivity contribution in [2.45, 2.75) is 25.1 Å². The first-order valence-corrected chi connectivity index (χ1v) is 6.48. The molecule has 1 saturated heterocycles. The summed E-state index contributed by atoms with van der Waals surface area (Å²) >= 11 is 0. The highest BCUT2D eigenvalue weighted by Gasteiger charge is 2.33. The molecule has 116 valence electrons. The van der Waals surface area contributed by atoms with E-state index >= 15 is 0 Å². The van der Waals surface area contributed by atoms with Crippen molar-refractivity contribution in [1.82, 2.24) is 4.90 Å². The Bertz CT molecular complexity index is 534. The zero-order valence-electron chi connectivity index (χ0n) is 11.2. The van der Waals surface area contributed by atoms with Gasteiger partial charge in [0.05, 0.1) is 22.9 Å². The van der Waals surface area contributed by atoms with Crippen molar-refractivity contribution < 1.29 is 23.1 Å². The van der Waals surface area contributed by atoms with Crippen LogP contribution in [-0.2, 0) is 6.18 Å². The smallest absolute Gasteiger partial charge is 0.391 e. The average Bonchev–Trinajstić information content (AvgIpc) is 2.44. The van der Waals surface area contributed by atoms with Crippen LogP contribution >= 0.6 is 0 Å². The number of amides is 1. The summed E-state index contributed by atoms with van der Waals surface area (Å²) in [6.07, 6.45) is -4.00. The Morgan fingerprint density at radius 1 is 1.43 bits per heavy atom. The fourth-order valence-corrected chi connectivity index (χ4v) is 2.33. The molecular formula is C13H16F3N3O2. The van der Waals surface area contributed by atoms with E-state index in [1.165, 1.54) is 4.90 Å². The summed E-state index contributed by atoms with van der Waals surface area (Å²) < 4.78 is 38.3. The Morgan fingerprint density at radius 3 is 2.71 bits per heavy atom. The number of likely N-dealkylation sites (tertiary alicyclic amines) is 1. The Hall–Kier alpha value is -1.80. The molecule has 1 aliphatic heterocycles. The van der Waals surface area contributed by atoms with Crippen LogP contribution in [0.3, 0.4) is 0 Å². The summed E-state index contributed by atoms with van der Waals surface area (Å²) in [7, 11) is 0. The van der Waals surface area contributed by atoms with Crippen molar-refractivity contribution in [2.75, 3.05) is 18.5 Å². The number of piperidine rings is 1. The minimum absolute atomic E-state index is 0.110. The molecule has 5 nitrogen and oxygen atoms in total. The topological polar surface area (TPSA) is 78.6 Å². The number of carbonyl (C=O) groups is 1. The van der Waals surface area contributed by atoms with Gasteiger partial charge in [-0.05, 0) is 31.0 Å². The maximum absolute atomic E-state index is 12.8. The minimum Gasteiger partial charge on any atom is -0.391 e. The van der Waals surface area contributed by atoms with Gasteiger partial charge in [-0.1, -0.05) is 0 Å². The van der Waals surface area contributed by atoms with Gasteiger partial charge in [0.2, 0.25) is 0 Å². The van der Waals surface area contributed by atoms with Crippen molar-refractivity contribution in [1.29, 1.82) is 0 Å². The lowest BCUT2D eigenvalue weighted by atomic mass is 10.0. The summed E-state index contributed by atoms with van der Waals surface area (Å²) in [6.45, 7) is 0.509. The molecular weight excluding hydrogens is 287 g/mol. The molecule has 0 aliphatic carbocycles. The van der Waals surface area contributed by atoms with E-state index < -0.39 is 23.8 Å². The summed E-state index contributed by atoms with van der Waals surface area (Å²) in [6, 6.07) is 2.76. The van der Waals surface area contributed by atoms with Crippen LogP contribution < -0.4 is 11.3 Å². The van der Waals surface area contributed by atoms with Crippen LogP contribution in [0.4, 0.5) is 18.9 Å². The normalized spacial score (nSPS) is 19.5. The molecule has 0 bridgehead atoms. The van der Waals surface area contributed by atoms with E-state index in [1.54, 1.807) is 0 Å². The lowest BCUT2D eigenvalue weighted by molar-refractivity contribution is -0.137. The molecule has 2 rings (SSSR count). The minimum atomic E-state index is -4.54. The fourth-order valence-electron chi connectivity index (χ4n) is 2.33. The first kappa shape index (κ1) is 15.6. The van der Waals surface area contributed by atoms with Gasteiger partial charge in [0.1, 0.15) is 0 Å². The molecule has 8 heteroatoms. The molecule has 1 aromatic carbocycles. The maximum Gasteiger partial charge on any atom is 0.416 e. The van der Waals surface area contributed by atoms with Crippen molar-refractivity contribution >= 4 is 11.6 Å². The number of nitrogen functional groups attached to an aromatic ring is 1. The Kier molecular flexibility index (Phi) is 4.38. The fraction of sp³-hybridized carbons (Fsp3) is 0.462. The van der Waals surface area contributed by atoms with Gasteiger partial charge in [-0.3, -0.25) is 10.6 Å². The Labute approximate surface area is 119 Å². The number of nitrogens with two attached hydrogens (primary N) is 1. The summed E-state index contributed by atoms with van der Waals surface area (Å²) in [5.74, 6) is 4.68. The van der Waals surface area contributed by atoms with E-state index in [-0.39, 0.29) is 17.8 Å². The number of halogens is 3. The molecule has 0 radical (unpaired) electrons. The van der Waals surface area contributed by atoms with Crippen molar-refractivity contribution in [3.8, 4) is 0 Å². The predicted molar refractivity (Wildman–Crippen MR) is 70.4 cm³/mol. The molecule has 1 heterocycles. The van der Waals surface area contributed by atoms with Crippen LogP contribution in [0.2, 0.25) is 0 Å². The largest absolute Gasteiger partial charge is 0.416 e. The highest BCUT2D eigenvalue weighted by Crippen LogP contribution is 2.32. The number of β-amino-alcohol motifs (C(OH)–C–C–N with tert-alkyl or cyclic N) is 1. The predicted octanol–water partition coefficient (Wildman–Crippen LogP) is 1.59. The van der Waals surface area contributed by atoms with E-state index in [4.69, 9.17) is 5.84 Å². The molecule has 1 unspecified atom stereocenters. The van der Waals surface area contributed by atoms with Crippen molar-refractivity contribution in [3.63, 3.8) is 0 Å². The molecule has 1 fully saturated rings. The summed E-state index contributed by atoms with van der Waals surface area (Å²) in [5.41, 5.74) is 1.28. The number of carbonyl (C=O) groups excluding carboxylic acids is 1. The second-order valence-electron chi connectivity index (χ2n) is 4.95. The lowest BCUT2D eigenvalue weighted by Gasteiger charge is -2.30. The summed E-state index contributed by atoms with van der Waals surface area (Å²) in [4.78, 5) is 13.7. The van der Waals surface area contributed by atoms with Crippen LogP contribution in [0.1, 0.15) is 28.8 Å². The molecule has 1 amide bonds. The average molecular weight is 303 g/mol. The maximum atomic E-state index is 12.8. The van der Waals surface area contributed by atoms with E-state index in [2.05, 4.69) is 5.43 Å². The van der Waals surface area contributed by atoms with E-state index in [1.807, 2.05) is 0 Å². The number of aliphatic hydroxyl groups is 1. The Morgan fingerprint density at radius 2 is 2.14 bits per heavy atom. The second kappa shape index (κ2) is 5.90. The zero-order chi connectivity index (χ0) is 15.6. The van der Waals surface area contributed by atoms with Crippen LogP contribution in [-0.4, -0.2) is 35.1 Å². The summed E-state index contributed by atoms with van der Waals surface area (Å²) in [5, 5.41) is 9.57. The first-order chi connectivity index (χ1) is 9.82. The van der Waals surface area contributed by atoms with Gasteiger partial charge in [-0.15, -0.1) is 0 Å². The number of rotatable bonds is 2. The molecule has 0 aromatic heterocycles. The van der Waals surface area contributed by atoms with Gasteiger partial charge in [0, 0.05) is 13.1 Å². The monoisotopic (exact) mass is 303 g/mol. The molecule has 0 saturated carbocycles. The molecule has 0 spiro atoms. The van der Waals surface area contributed by atoms with Gasteiger partial charge >= 0.3 is 6.18 Å². The Balaban J connectivity index is 2.34. The van der Waals surface area contributed by atoms with Gasteiger partial charge in [0.15, 0.2) is 0 Å². The quantitative estimate of drug-likeness (QED) is 0.572. The second-order valence-corrected chi connectivity index (χ2v) is 4.95. The molecule has 1 aromatic rings. The third-order valence-electron chi connectivity index (χ3n) is 3.42. The number of nitrogens with zero attached hydrogens (tertiary/aromatic N) is 1. The number of hydrogen-bond donors (Lipinski definition) is 3. The van der Waals surface area contributed by atoms with Crippen molar-refractivity contribution in [2.24, 2.45) is 5.84 Å². The number of hydrazine groups is 1. The number of alkyl halides is 3. The number of nitrogens with one attached hydrogen (secondary N) is 1. The molecule has 4 N–H and O–H groups in total. The van der Waals surface area contributed by atoms with E-state index in [0.29, 0.717) is 19.4 Å². The molecule has 1 atom stereocenters. The standard InChI is InChI=1S/C13H16F3N3O2/c14-13(15,16)8-3-4-11(18-17)10(6-8)12(21)19-5-1-2-9(20)7-19/h3-4,6,9,18,20H,1-2,5,7,17H2. The van der Waals surface area contributed by atoms with Crippen LogP contribution in [0.15, 0.2) is 18.2 Å². The highest BCUT2D eigenvalue weighted by atomic mass is 19.4. The molecule has 1 aliphatic rings. The van der Waals surface area contributed by atoms with Gasteiger partial charge in [-0.2, -0.15) is 13.2 Å². The van der Waals surface area contributed by atoms with Crippen LogP contribution in [0, 0.1) is 0 Å². The number of anilines is 1. The molecule has 21 heavy (non-hydrogen) atoms. The highest BCUT2D eigenvalue weighted by molar-refractivity contribution is 5.99. The first-order valence-electron chi connectivity index (χ1n) is 6.48. The third kappa shape index (κ3) is 3.45. The third-order valence-corrected chi connectivity index (χ3v) is 3.42. The van der Waals surface area contributed by atoms with Crippen molar-refractivity contribution in [3.05, 3.63) is 29.3 Å². The van der Waals surface area contributed by atoms with E-state index in [9.17, 15) is 23.1 Å².